The standard InChI is InChI=1S/C12H21ClN2O.ClH/c1-9(13)7-15-11-4-2-3-10(11)12-8-16-6-5-14-12;/h10-12,14-15H,1-8H2;1H. The Bertz CT molecular complexity index is 245. The summed E-state index contributed by atoms with van der Waals surface area (Å²) in [5.41, 5.74) is 0. The van der Waals surface area contributed by atoms with E-state index in [-0.39, 0.29) is 12.4 Å². The van der Waals surface area contributed by atoms with Crippen molar-refractivity contribution in [3.8, 4) is 0 Å². The summed E-state index contributed by atoms with van der Waals surface area (Å²) in [6.07, 6.45) is 3.83. The van der Waals surface area contributed by atoms with Crippen molar-refractivity contribution >= 4 is 24.0 Å². The number of hydrogen-bond acceptors (Lipinski definition) is 3. The zero-order valence-electron chi connectivity index (χ0n) is 10.1. The Balaban J connectivity index is 0.00000144. The Labute approximate surface area is 115 Å². The molecule has 3 nitrogen and oxygen atoms in total. The van der Waals surface area contributed by atoms with Crippen molar-refractivity contribution in [2.45, 2.75) is 31.3 Å². The van der Waals surface area contributed by atoms with E-state index in [1.807, 2.05) is 0 Å². The third kappa shape index (κ3) is 4.42. The van der Waals surface area contributed by atoms with Gasteiger partial charge in [-0.05, 0) is 18.8 Å². The van der Waals surface area contributed by atoms with Gasteiger partial charge in [0.05, 0.1) is 13.2 Å². The molecular weight excluding hydrogens is 259 g/mol. The van der Waals surface area contributed by atoms with Gasteiger partial charge < -0.3 is 15.4 Å². The molecule has 0 aromatic rings. The fourth-order valence-electron chi connectivity index (χ4n) is 2.83. The predicted octanol–water partition coefficient (Wildman–Crippen LogP) is 1.91. The third-order valence-corrected chi connectivity index (χ3v) is 3.73. The molecule has 0 spiro atoms. The van der Waals surface area contributed by atoms with Crippen LogP contribution < -0.4 is 10.6 Å². The highest BCUT2D eigenvalue weighted by atomic mass is 35.5. The van der Waals surface area contributed by atoms with Gasteiger partial charge >= 0.3 is 0 Å². The van der Waals surface area contributed by atoms with Crippen molar-refractivity contribution in [3.05, 3.63) is 11.6 Å². The first-order valence-corrected chi connectivity index (χ1v) is 6.53. The molecule has 0 aromatic carbocycles. The third-order valence-electron chi connectivity index (χ3n) is 3.59. The van der Waals surface area contributed by atoms with Crippen LogP contribution in [0, 0.1) is 5.92 Å². The molecule has 2 rings (SSSR count). The van der Waals surface area contributed by atoms with Gasteiger partial charge in [0.25, 0.3) is 0 Å². The SMILES string of the molecule is C=C(Cl)CNC1CCCC1C1COCCN1.Cl. The minimum atomic E-state index is 0. The summed E-state index contributed by atoms with van der Waals surface area (Å²) in [4.78, 5) is 0. The first kappa shape index (κ1) is 15.3. The highest BCUT2D eigenvalue weighted by Gasteiger charge is 2.34. The van der Waals surface area contributed by atoms with Crippen molar-refractivity contribution in [3.63, 3.8) is 0 Å². The fourth-order valence-corrected chi connectivity index (χ4v) is 2.90. The highest BCUT2D eigenvalue weighted by Crippen LogP contribution is 2.29. The van der Waals surface area contributed by atoms with Gasteiger partial charge in [0.15, 0.2) is 0 Å². The summed E-state index contributed by atoms with van der Waals surface area (Å²) in [6, 6.07) is 1.08. The van der Waals surface area contributed by atoms with E-state index in [4.69, 9.17) is 16.3 Å². The molecule has 100 valence electrons. The lowest BCUT2D eigenvalue weighted by atomic mass is 9.94. The van der Waals surface area contributed by atoms with Gasteiger partial charge in [-0.1, -0.05) is 24.6 Å². The first-order valence-electron chi connectivity index (χ1n) is 6.15. The highest BCUT2D eigenvalue weighted by molar-refractivity contribution is 6.29. The molecule has 3 unspecified atom stereocenters. The van der Waals surface area contributed by atoms with E-state index in [0.717, 1.165) is 26.3 Å². The minimum absolute atomic E-state index is 0. The Morgan fingerprint density at radius 2 is 2.29 bits per heavy atom. The molecule has 3 atom stereocenters. The van der Waals surface area contributed by atoms with Gasteiger partial charge in [-0.2, -0.15) is 0 Å². The molecule has 2 N–H and O–H groups in total. The molecule has 0 radical (unpaired) electrons. The van der Waals surface area contributed by atoms with Crippen LogP contribution in [0.3, 0.4) is 0 Å². The second-order valence-electron chi connectivity index (χ2n) is 4.73. The molecule has 0 amide bonds. The summed E-state index contributed by atoms with van der Waals surface area (Å²) in [6.45, 7) is 7.12. The number of hydrogen-bond donors (Lipinski definition) is 2. The van der Waals surface area contributed by atoms with Crippen LogP contribution >= 0.6 is 24.0 Å². The van der Waals surface area contributed by atoms with Gasteiger partial charge in [0, 0.05) is 30.2 Å². The monoisotopic (exact) mass is 280 g/mol. The van der Waals surface area contributed by atoms with E-state index in [2.05, 4.69) is 17.2 Å². The molecule has 1 saturated carbocycles. The van der Waals surface area contributed by atoms with Gasteiger partial charge in [-0.15, -0.1) is 12.4 Å². The average Bonchev–Trinajstić information content (AvgIpc) is 2.75. The minimum Gasteiger partial charge on any atom is -0.379 e. The van der Waals surface area contributed by atoms with Crippen molar-refractivity contribution in [1.29, 1.82) is 0 Å². The molecule has 1 aliphatic heterocycles. The second-order valence-corrected chi connectivity index (χ2v) is 5.27. The molecule has 1 saturated heterocycles. The Morgan fingerprint density at radius 1 is 1.47 bits per heavy atom. The van der Waals surface area contributed by atoms with Crippen LogP contribution in [-0.2, 0) is 4.74 Å². The Kier molecular flexibility index (Phi) is 6.82. The van der Waals surface area contributed by atoms with Crippen molar-refractivity contribution in [2.75, 3.05) is 26.3 Å². The van der Waals surface area contributed by atoms with E-state index in [1.54, 1.807) is 0 Å². The maximum Gasteiger partial charge on any atom is 0.0623 e. The maximum atomic E-state index is 5.79. The zero-order valence-corrected chi connectivity index (χ0v) is 11.7. The summed E-state index contributed by atoms with van der Waals surface area (Å²) >= 11 is 5.79. The molecule has 17 heavy (non-hydrogen) atoms. The largest absolute Gasteiger partial charge is 0.379 e. The maximum absolute atomic E-state index is 5.79. The topological polar surface area (TPSA) is 33.3 Å². The number of ether oxygens (including phenoxy) is 1. The smallest absolute Gasteiger partial charge is 0.0623 e. The van der Waals surface area contributed by atoms with Crippen molar-refractivity contribution in [2.24, 2.45) is 5.92 Å². The summed E-state index contributed by atoms with van der Waals surface area (Å²) in [7, 11) is 0. The molecular formula is C12H22Cl2N2O. The van der Waals surface area contributed by atoms with Crippen LogP contribution in [0.2, 0.25) is 0 Å². The first-order chi connectivity index (χ1) is 7.77. The second kappa shape index (κ2) is 7.59. The van der Waals surface area contributed by atoms with E-state index in [0.29, 0.717) is 23.0 Å². The lowest BCUT2D eigenvalue weighted by molar-refractivity contribution is 0.0528. The van der Waals surface area contributed by atoms with E-state index in [1.165, 1.54) is 19.3 Å². The quantitative estimate of drug-likeness (QED) is 0.826. The summed E-state index contributed by atoms with van der Waals surface area (Å²) < 4.78 is 5.53. The number of halogens is 2. The van der Waals surface area contributed by atoms with Crippen LogP contribution in [0.4, 0.5) is 0 Å². The molecule has 2 fully saturated rings. The molecule has 1 heterocycles. The van der Waals surface area contributed by atoms with E-state index >= 15 is 0 Å². The van der Waals surface area contributed by atoms with Crippen molar-refractivity contribution < 1.29 is 4.74 Å². The van der Waals surface area contributed by atoms with Gasteiger partial charge in [-0.25, -0.2) is 0 Å². The van der Waals surface area contributed by atoms with Crippen LogP contribution in [0.25, 0.3) is 0 Å². The van der Waals surface area contributed by atoms with Crippen LogP contribution in [0.15, 0.2) is 11.6 Å². The predicted molar refractivity (Wildman–Crippen MR) is 74.0 cm³/mol. The van der Waals surface area contributed by atoms with Gasteiger partial charge in [-0.3, -0.25) is 0 Å². The van der Waals surface area contributed by atoms with Crippen LogP contribution in [0.1, 0.15) is 19.3 Å². The number of morpholine rings is 1. The molecule has 1 aliphatic carbocycles. The number of nitrogens with one attached hydrogen (secondary N) is 2. The van der Waals surface area contributed by atoms with E-state index < -0.39 is 0 Å². The fraction of sp³-hybridized carbons (Fsp3) is 0.833. The van der Waals surface area contributed by atoms with E-state index in [9.17, 15) is 0 Å². The van der Waals surface area contributed by atoms with Gasteiger partial charge in [0.2, 0.25) is 0 Å². The Morgan fingerprint density at radius 3 is 2.94 bits per heavy atom. The lowest BCUT2D eigenvalue weighted by Gasteiger charge is -2.33. The number of rotatable bonds is 4. The van der Waals surface area contributed by atoms with Crippen LogP contribution in [-0.4, -0.2) is 38.4 Å². The molecule has 5 heteroatoms. The Hall–Kier alpha value is 0.200. The zero-order chi connectivity index (χ0) is 11.4. The normalized spacial score (nSPS) is 33.1. The van der Waals surface area contributed by atoms with Gasteiger partial charge in [0.1, 0.15) is 0 Å². The molecule has 0 aromatic heterocycles. The van der Waals surface area contributed by atoms with Crippen molar-refractivity contribution in [1.82, 2.24) is 10.6 Å². The summed E-state index contributed by atoms with van der Waals surface area (Å²) in [5, 5.41) is 7.75. The van der Waals surface area contributed by atoms with Crippen LogP contribution in [0.5, 0.6) is 0 Å². The average molecular weight is 281 g/mol. The lowest BCUT2D eigenvalue weighted by Crippen LogP contribution is -2.51. The summed E-state index contributed by atoms with van der Waals surface area (Å²) in [5.74, 6) is 0.677. The molecule has 0 bridgehead atoms. The molecule has 2 aliphatic rings.